The van der Waals surface area contributed by atoms with Crippen molar-refractivity contribution in [2.24, 2.45) is 5.16 Å². The molecule has 2 atom stereocenters. The van der Waals surface area contributed by atoms with Crippen LogP contribution in [0.2, 0.25) is 0 Å². The van der Waals surface area contributed by atoms with Crippen LogP contribution in [-0.4, -0.2) is 24.6 Å². The smallest absolute Gasteiger partial charge is 0.182 e. The SMILES string of the molecule is C/C(=N/O)C1c2ccccc2S(=O)(=O)C1C. The first-order valence-electron chi connectivity index (χ1n) is 5.01. The Morgan fingerprint density at radius 3 is 2.62 bits per heavy atom. The van der Waals surface area contributed by atoms with Gasteiger partial charge >= 0.3 is 0 Å². The van der Waals surface area contributed by atoms with Crippen molar-refractivity contribution in [2.45, 2.75) is 29.9 Å². The monoisotopic (exact) mass is 239 g/mol. The van der Waals surface area contributed by atoms with Crippen LogP contribution in [0, 0.1) is 0 Å². The third-order valence-electron chi connectivity index (χ3n) is 3.13. The second-order valence-corrected chi connectivity index (χ2v) is 6.28. The predicted octanol–water partition coefficient (Wildman–Crippen LogP) is 1.80. The Labute approximate surface area is 94.5 Å². The Morgan fingerprint density at radius 1 is 1.38 bits per heavy atom. The molecule has 0 saturated carbocycles. The van der Waals surface area contributed by atoms with Crippen LogP contribution in [0.15, 0.2) is 34.3 Å². The van der Waals surface area contributed by atoms with Crippen LogP contribution in [0.1, 0.15) is 25.3 Å². The molecule has 0 aromatic heterocycles. The largest absolute Gasteiger partial charge is 0.411 e. The summed E-state index contributed by atoms with van der Waals surface area (Å²) in [5.41, 5.74) is 1.16. The van der Waals surface area contributed by atoms with Gasteiger partial charge in [-0.1, -0.05) is 23.4 Å². The quantitative estimate of drug-likeness (QED) is 0.461. The van der Waals surface area contributed by atoms with Crippen molar-refractivity contribution in [1.29, 1.82) is 0 Å². The summed E-state index contributed by atoms with van der Waals surface area (Å²) in [6.45, 7) is 3.29. The van der Waals surface area contributed by atoms with Gasteiger partial charge in [0.15, 0.2) is 9.84 Å². The van der Waals surface area contributed by atoms with Crippen molar-refractivity contribution in [1.82, 2.24) is 0 Å². The molecular formula is C11H13NO3S. The highest BCUT2D eigenvalue weighted by atomic mass is 32.2. The van der Waals surface area contributed by atoms with Gasteiger partial charge in [-0.05, 0) is 25.5 Å². The lowest BCUT2D eigenvalue weighted by atomic mass is 9.92. The second kappa shape index (κ2) is 3.59. The lowest BCUT2D eigenvalue weighted by Gasteiger charge is -2.13. The molecule has 2 unspecified atom stereocenters. The van der Waals surface area contributed by atoms with Gasteiger partial charge in [-0.2, -0.15) is 0 Å². The summed E-state index contributed by atoms with van der Waals surface area (Å²) in [5, 5.41) is 11.4. The van der Waals surface area contributed by atoms with Crippen molar-refractivity contribution in [3.63, 3.8) is 0 Å². The Bertz CT molecular complexity index is 548. The fourth-order valence-electron chi connectivity index (χ4n) is 2.26. The lowest BCUT2D eigenvalue weighted by molar-refractivity contribution is 0.316. The van der Waals surface area contributed by atoms with Crippen LogP contribution in [0.4, 0.5) is 0 Å². The molecule has 1 heterocycles. The van der Waals surface area contributed by atoms with Crippen molar-refractivity contribution < 1.29 is 13.6 Å². The molecule has 0 saturated heterocycles. The van der Waals surface area contributed by atoms with E-state index in [0.29, 0.717) is 10.6 Å². The molecule has 2 rings (SSSR count). The van der Waals surface area contributed by atoms with E-state index in [1.54, 1.807) is 38.1 Å². The van der Waals surface area contributed by atoms with Gasteiger partial charge in [0.1, 0.15) is 0 Å². The van der Waals surface area contributed by atoms with Crippen LogP contribution in [0.5, 0.6) is 0 Å². The van der Waals surface area contributed by atoms with Gasteiger partial charge in [0.2, 0.25) is 0 Å². The lowest BCUT2D eigenvalue weighted by Crippen LogP contribution is -2.22. The zero-order valence-electron chi connectivity index (χ0n) is 9.08. The zero-order chi connectivity index (χ0) is 11.9. The highest BCUT2D eigenvalue weighted by molar-refractivity contribution is 7.92. The van der Waals surface area contributed by atoms with E-state index in [-0.39, 0.29) is 5.92 Å². The van der Waals surface area contributed by atoms with Crippen LogP contribution in [0.25, 0.3) is 0 Å². The summed E-state index contributed by atoms with van der Waals surface area (Å²) in [5.74, 6) is -0.341. The molecule has 86 valence electrons. The van der Waals surface area contributed by atoms with Crippen LogP contribution >= 0.6 is 0 Å². The summed E-state index contributed by atoms with van der Waals surface area (Å²) in [6, 6.07) is 6.88. The average Bonchev–Trinajstić information content (AvgIpc) is 2.48. The van der Waals surface area contributed by atoms with Gasteiger partial charge in [-0.15, -0.1) is 0 Å². The Hall–Kier alpha value is -1.36. The summed E-state index contributed by atoms with van der Waals surface area (Å²) in [6.07, 6.45) is 0. The van der Waals surface area contributed by atoms with Crippen molar-refractivity contribution in [3.05, 3.63) is 29.8 Å². The topological polar surface area (TPSA) is 66.7 Å². The van der Waals surface area contributed by atoms with Gasteiger partial charge in [-0.3, -0.25) is 0 Å². The van der Waals surface area contributed by atoms with Crippen molar-refractivity contribution in [2.75, 3.05) is 0 Å². The van der Waals surface area contributed by atoms with E-state index in [4.69, 9.17) is 5.21 Å². The molecule has 5 heteroatoms. The molecule has 1 aromatic rings. The molecule has 0 aliphatic carbocycles. The minimum Gasteiger partial charge on any atom is -0.411 e. The number of hydrogen-bond acceptors (Lipinski definition) is 4. The first kappa shape index (κ1) is 11.1. The van der Waals surface area contributed by atoms with E-state index < -0.39 is 15.1 Å². The summed E-state index contributed by atoms with van der Waals surface area (Å²) in [4.78, 5) is 0.357. The molecule has 0 fully saturated rings. The molecule has 1 aliphatic rings. The van der Waals surface area contributed by atoms with Gasteiger partial charge in [0, 0.05) is 5.92 Å². The predicted molar refractivity (Wildman–Crippen MR) is 60.7 cm³/mol. The van der Waals surface area contributed by atoms with E-state index in [2.05, 4.69) is 5.16 Å². The molecule has 1 aliphatic heterocycles. The van der Waals surface area contributed by atoms with Gasteiger partial charge in [0.05, 0.1) is 15.9 Å². The van der Waals surface area contributed by atoms with Crippen LogP contribution < -0.4 is 0 Å². The van der Waals surface area contributed by atoms with E-state index in [1.165, 1.54) is 0 Å². The minimum absolute atomic E-state index is 0.341. The molecule has 0 radical (unpaired) electrons. The van der Waals surface area contributed by atoms with E-state index >= 15 is 0 Å². The summed E-state index contributed by atoms with van der Waals surface area (Å²) >= 11 is 0. The van der Waals surface area contributed by atoms with Crippen LogP contribution in [-0.2, 0) is 9.84 Å². The zero-order valence-corrected chi connectivity index (χ0v) is 9.90. The van der Waals surface area contributed by atoms with Gasteiger partial charge in [0.25, 0.3) is 0 Å². The maximum atomic E-state index is 12.1. The molecule has 0 amide bonds. The van der Waals surface area contributed by atoms with Gasteiger partial charge in [-0.25, -0.2) is 8.42 Å². The minimum atomic E-state index is -3.28. The maximum absolute atomic E-state index is 12.1. The molecule has 16 heavy (non-hydrogen) atoms. The second-order valence-electron chi connectivity index (χ2n) is 4.01. The Kier molecular flexibility index (Phi) is 2.50. The molecular weight excluding hydrogens is 226 g/mol. The molecule has 1 N–H and O–H groups in total. The fourth-order valence-corrected chi connectivity index (χ4v) is 4.15. The number of sulfone groups is 1. The van der Waals surface area contributed by atoms with Crippen LogP contribution in [0.3, 0.4) is 0 Å². The normalized spacial score (nSPS) is 27.8. The van der Waals surface area contributed by atoms with Crippen molar-refractivity contribution in [3.8, 4) is 0 Å². The third kappa shape index (κ3) is 1.35. The first-order chi connectivity index (χ1) is 7.50. The maximum Gasteiger partial charge on any atom is 0.182 e. The standard InChI is InChI=1S/C11H13NO3S/c1-7(12-13)11-8(2)16(14,15)10-6-4-3-5-9(10)11/h3-6,8,11,13H,1-2H3/b12-7-. The number of hydrogen-bond donors (Lipinski definition) is 1. The average molecular weight is 239 g/mol. The highest BCUT2D eigenvalue weighted by Gasteiger charge is 2.43. The fraction of sp³-hybridized carbons (Fsp3) is 0.364. The Morgan fingerprint density at radius 2 is 2.00 bits per heavy atom. The number of oxime groups is 1. The summed E-state index contributed by atoms with van der Waals surface area (Å²) in [7, 11) is -3.28. The van der Waals surface area contributed by atoms with E-state index in [9.17, 15) is 8.42 Å². The first-order valence-corrected chi connectivity index (χ1v) is 6.56. The number of rotatable bonds is 1. The molecule has 1 aromatic carbocycles. The Balaban J connectivity index is 2.70. The van der Waals surface area contributed by atoms with Gasteiger partial charge < -0.3 is 5.21 Å². The molecule has 4 nitrogen and oxygen atoms in total. The highest BCUT2D eigenvalue weighted by Crippen LogP contribution is 2.40. The summed E-state index contributed by atoms with van der Waals surface area (Å²) < 4.78 is 24.2. The third-order valence-corrected chi connectivity index (χ3v) is 5.36. The molecule has 0 bridgehead atoms. The van der Waals surface area contributed by atoms with Crippen molar-refractivity contribution >= 4 is 15.5 Å². The number of benzene rings is 1. The number of fused-ring (bicyclic) bond motifs is 1. The van der Waals surface area contributed by atoms with E-state index in [0.717, 1.165) is 5.56 Å². The van der Waals surface area contributed by atoms with E-state index in [1.807, 2.05) is 0 Å². The number of nitrogens with zero attached hydrogens (tertiary/aromatic N) is 1. The molecule has 0 spiro atoms.